The first kappa shape index (κ1) is 27.0. The van der Waals surface area contributed by atoms with Crippen molar-refractivity contribution < 1.29 is 18.6 Å². The minimum atomic E-state index is -0.293. The highest BCUT2D eigenvalue weighted by Crippen LogP contribution is 2.39. The lowest BCUT2D eigenvalue weighted by atomic mass is 10.1. The Morgan fingerprint density at radius 2 is 1.27 bits per heavy atom. The molecule has 0 amide bonds. The fourth-order valence-electron chi connectivity index (χ4n) is 4.41. The maximum atomic E-state index is 14.2. The number of benzene rings is 4. The Kier molecular flexibility index (Phi) is 8.79. The Hall–Kier alpha value is -4.55. The van der Waals surface area contributed by atoms with Gasteiger partial charge in [-0.05, 0) is 43.8 Å². The number of ether oxygens (including phenoxy) is 3. The molecule has 0 saturated carbocycles. The summed E-state index contributed by atoms with van der Waals surface area (Å²) < 4.78 is 25.0. The molecule has 4 aromatic carbocycles. The molecule has 0 spiro atoms. The molecule has 6 nitrogen and oxygen atoms in total. The zero-order valence-corrected chi connectivity index (χ0v) is 22.8. The van der Waals surface area contributed by atoms with Crippen LogP contribution in [0.4, 0.5) is 0 Å². The van der Waals surface area contributed by atoms with Crippen molar-refractivity contribution in [1.29, 1.82) is 0 Å². The van der Waals surface area contributed by atoms with Crippen LogP contribution < -0.4 is 19.6 Å². The highest BCUT2D eigenvalue weighted by atomic mass is 16.5. The standard InChI is InChI=1S/C34H33NO5/c1-35(2)21-12-22-37-34-31(36)30-28(40-32(34)27-17-10-5-11-18-27)19-20-29(38-23-25-13-6-3-7-14-25)33(30)39-24-26-15-8-4-9-16-26/h3-11,13-20H,12,21-24H2,1-2H3. The van der Waals surface area contributed by atoms with E-state index in [1.807, 2.05) is 105 Å². The summed E-state index contributed by atoms with van der Waals surface area (Å²) in [5.74, 6) is 1.37. The molecular formula is C34H33NO5. The molecule has 40 heavy (non-hydrogen) atoms. The van der Waals surface area contributed by atoms with Crippen LogP contribution in [0.2, 0.25) is 0 Å². The quantitative estimate of drug-likeness (QED) is 0.161. The fraction of sp³-hybridized carbons (Fsp3) is 0.206. The zero-order chi connectivity index (χ0) is 27.7. The number of fused-ring (bicyclic) bond motifs is 1. The maximum Gasteiger partial charge on any atom is 0.239 e. The van der Waals surface area contributed by atoms with Crippen molar-refractivity contribution >= 4 is 11.0 Å². The summed E-state index contributed by atoms with van der Waals surface area (Å²) in [7, 11) is 4.01. The molecule has 0 aliphatic carbocycles. The summed E-state index contributed by atoms with van der Waals surface area (Å²) in [6.45, 7) is 1.80. The summed E-state index contributed by atoms with van der Waals surface area (Å²) in [6.07, 6.45) is 0.760. The van der Waals surface area contributed by atoms with E-state index in [1.54, 1.807) is 12.1 Å². The van der Waals surface area contributed by atoms with E-state index in [9.17, 15) is 4.79 Å². The summed E-state index contributed by atoms with van der Waals surface area (Å²) in [6, 6.07) is 32.8. The van der Waals surface area contributed by atoms with E-state index in [0.717, 1.165) is 29.7 Å². The SMILES string of the molecule is CN(C)CCCOc1c(-c2ccccc2)oc2ccc(OCc3ccccc3)c(OCc3ccccc3)c2c1=O. The van der Waals surface area contributed by atoms with Crippen molar-refractivity contribution in [3.05, 3.63) is 124 Å². The highest BCUT2D eigenvalue weighted by molar-refractivity contribution is 5.89. The van der Waals surface area contributed by atoms with Crippen LogP contribution in [0.25, 0.3) is 22.3 Å². The minimum absolute atomic E-state index is 0.169. The van der Waals surface area contributed by atoms with Crippen LogP contribution in [0.3, 0.4) is 0 Å². The van der Waals surface area contributed by atoms with Gasteiger partial charge in [0.1, 0.15) is 24.2 Å². The lowest BCUT2D eigenvalue weighted by Crippen LogP contribution is -2.18. The molecule has 6 heteroatoms. The lowest BCUT2D eigenvalue weighted by Gasteiger charge is -2.17. The third-order valence-electron chi connectivity index (χ3n) is 6.43. The van der Waals surface area contributed by atoms with Crippen molar-refractivity contribution in [2.24, 2.45) is 0 Å². The van der Waals surface area contributed by atoms with Gasteiger partial charge in [-0.1, -0.05) is 91.0 Å². The molecular weight excluding hydrogens is 502 g/mol. The Balaban J connectivity index is 1.60. The molecule has 1 heterocycles. The van der Waals surface area contributed by atoms with Crippen LogP contribution in [-0.2, 0) is 13.2 Å². The second kappa shape index (κ2) is 13.0. The van der Waals surface area contributed by atoms with E-state index in [-0.39, 0.29) is 17.8 Å². The van der Waals surface area contributed by atoms with E-state index in [0.29, 0.717) is 41.4 Å². The van der Waals surface area contributed by atoms with Gasteiger partial charge in [0.15, 0.2) is 17.3 Å². The second-order valence-corrected chi connectivity index (χ2v) is 9.78. The molecule has 0 radical (unpaired) electrons. The molecule has 0 unspecified atom stereocenters. The first-order chi connectivity index (χ1) is 19.6. The Morgan fingerprint density at radius 3 is 1.90 bits per heavy atom. The molecule has 0 bridgehead atoms. The third kappa shape index (κ3) is 6.53. The van der Waals surface area contributed by atoms with Gasteiger partial charge in [0, 0.05) is 12.1 Å². The van der Waals surface area contributed by atoms with Gasteiger partial charge < -0.3 is 23.5 Å². The summed E-state index contributed by atoms with van der Waals surface area (Å²) >= 11 is 0. The first-order valence-electron chi connectivity index (χ1n) is 13.4. The summed E-state index contributed by atoms with van der Waals surface area (Å²) in [5, 5.41) is 0.295. The van der Waals surface area contributed by atoms with Gasteiger partial charge in [-0.3, -0.25) is 4.79 Å². The highest BCUT2D eigenvalue weighted by Gasteiger charge is 2.23. The molecule has 0 atom stereocenters. The molecule has 5 rings (SSSR count). The van der Waals surface area contributed by atoms with E-state index >= 15 is 0 Å². The molecule has 0 aliphatic rings. The monoisotopic (exact) mass is 535 g/mol. The van der Waals surface area contributed by atoms with E-state index in [2.05, 4.69) is 4.90 Å². The van der Waals surface area contributed by atoms with Crippen LogP contribution >= 0.6 is 0 Å². The molecule has 0 fully saturated rings. The van der Waals surface area contributed by atoms with Gasteiger partial charge in [-0.15, -0.1) is 0 Å². The predicted molar refractivity (Wildman–Crippen MR) is 158 cm³/mol. The molecule has 204 valence electrons. The molecule has 0 aliphatic heterocycles. The number of hydrogen-bond donors (Lipinski definition) is 0. The third-order valence-corrected chi connectivity index (χ3v) is 6.43. The summed E-state index contributed by atoms with van der Waals surface area (Å²) in [5.41, 5.74) is 2.85. The van der Waals surface area contributed by atoms with Crippen molar-refractivity contribution in [3.8, 4) is 28.6 Å². The molecule has 0 saturated heterocycles. The van der Waals surface area contributed by atoms with Gasteiger partial charge in [-0.25, -0.2) is 0 Å². The lowest BCUT2D eigenvalue weighted by molar-refractivity contribution is 0.257. The van der Waals surface area contributed by atoms with E-state index in [4.69, 9.17) is 18.6 Å². The van der Waals surface area contributed by atoms with Crippen molar-refractivity contribution in [2.45, 2.75) is 19.6 Å². The maximum absolute atomic E-state index is 14.2. The topological polar surface area (TPSA) is 61.1 Å². The van der Waals surface area contributed by atoms with Crippen LogP contribution in [0, 0.1) is 0 Å². The first-order valence-corrected chi connectivity index (χ1v) is 13.4. The number of rotatable bonds is 12. The number of nitrogens with zero attached hydrogens (tertiary/aromatic N) is 1. The molecule has 0 N–H and O–H groups in total. The van der Waals surface area contributed by atoms with Crippen LogP contribution in [0.15, 0.2) is 112 Å². The van der Waals surface area contributed by atoms with Crippen molar-refractivity contribution in [2.75, 3.05) is 27.2 Å². The van der Waals surface area contributed by atoms with Gasteiger partial charge >= 0.3 is 0 Å². The van der Waals surface area contributed by atoms with Crippen molar-refractivity contribution in [1.82, 2.24) is 4.90 Å². The van der Waals surface area contributed by atoms with Crippen LogP contribution in [0.1, 0.15) is 17.5 Å². The average molecular weight is 536 g/mol. The average Bonchev–Trinajstić information content (AvgIpc) is 2.99. The Bertz CT molecular complexity index is 1580. The van der Waals surface area contributed by atoms with Crippen LogP contribution in [0.5, 0.6) is 17.2 Å². The van der Waals surface area contributed by atoms with Gasteiger partial charge in [-0.2, -0.15) is 0 Å². The fourth-order valence-corrected chi connectivity index (χ4v) is 4.41. The predicted octanol–water partition coefficient (Wildman–Crippen LogP) is 6.95. The van der Waals surface area contributed by atoms with Gasteiger partial charge in [0.2, 0.25) is 11.2 Å². The molecule has 5 aromatic rings. The normalized spacial score (nSPS) is 11.1. The van der Waals surface area contributed by atoms with Gasteiger partial charge in [0.05, 0.1) is 6.61 Å². The van der Waals surface area contributed by atoms with E-state index in [1.165, 1.54) is 0 Å². The molecule has 1 aromatic heterocycles. The Morgan fingerprint density at radius 1 is 0.675 bits per heavy atom. The smallest absolute Gasteiger partial charge is 0.239 e. The van der Waals surface area contributed by atoms with E-state index < -0.39 is 0 Å². The Labute approximate surface area is 234 Å². The number of hydrogen-bond acceptors (Lipinski definition) is 6. The largest absolute Gasteiger partial charge is 0.486 e. The second-order valence-electron chi connectivity index (χ2n) is 9.78. The summed E-state index contributed by atoms with van der Waals surface area (Å²) in [4.78, 5) is 16.3. The zero-order valence-electron chi connectivity index (χ0n) is 22.8. The van der Waals surface area contributed by atoms with Crippen molar-refractivity contribution in [3.63, 3.8) is 0 Å². The minimum Gasteiger partial charge on any atom is -0.486 e. The van der Waals surface area contributed by atoms with Crippen LogP contribution in [-0.4, -0.2) is 32.1 Å². The van der Waals surface area contributed by atoms with Gasteiger partial charge in [0.25, 0.3) is 0 Å².